The minimum atomic E-state index is -0.776. The Morgan fingerprint density at radius 1 is 1.12 bits per heavy atom. The van der Waals surface area contributed by atoms with E-state index in [4.69, 9.17) is 16.3 Å². The number of anilines is 1. The molecule has 1 atom stereocenters. The second-order valence-corrected chi connectivity index (χ2v) is 7.37. The van der Waals surface area contributed by atoms with Crippen molar-refractivity contribution in [2.45, 2.75) is 19.6 Å². The third kappa shape index (κ3) is 8.64. The summed E-state index contributed by atoms with van der Waals surface area (Å²) in [5, 5.41) is 18.6. The summed E-state index contributed by atoms with van der Waals surface area (Å²) >= 11 is 6.11. The first-order chi connectivity index (χ1) is 15.6. The van der Waals surface area contributed by atoms with Crippen molar-refractivity contribution in [2.24, 2.45) is 0 Å². The zero-order valence-corrected chi connectivity index (χ0v) is 20.0. The molecule has 172 valence electrons. The Balaban J connectivity index is 0.000000568. The molecule has 33 heavy (non-hydrogen) atoms. The van der Waals surface area contributed by atoms with Crippen molar-refractivity contribution in [3.63, 3.8) is 0 Å². The normalized spacial score (nSPS) is 16.5. The number of carbonyl (C=O) groups excluding carboxylic acids is 1. The van der Waals surface area contributed by atoms with Gasteiger partial charge in [0.15, 0.2) is 0 Å². The number of halogens is 1. The second kappa shape index (κ2) is 14.7. The number of nitrogens with zero attached hydrogens (tertiary/aromatic N) is 2. The average Bonchev–Trinajstić information content (AvgIpc) is 3.56. The first-order valence-electron chi connectivity index (χ1n) is 10.4. The monoisotopic (exact) mass is 507 g/mol. The number of nitrogens with one attached hydrogen (secondary N) is 1. The summed E-state index contributed by atoms with van der Waals surface area (Å²) < 4.78 is 6.60. The van der Waals surface area contributed by atoms with Crippen LogP contribution in [0, 0.1) is 63.7 Å². The average molecular weight is 508 g/mol. The molecule has 0 unspecified atom stereocenters. The van der Waals surface area contributed by atoms with Gasteiger partial charge in [0.1, 0.15) is 5.69 Å². The van der Waals surface area contributed by atoms with Crippen LogP contribution in [0.5, 0.6) is 0 Å². The van der Waals surface area contributed by atoms with Crippen molar-refractivity contribution in [1.82, 2.24) is 9.78 Å². The summed E-state index contributed by atoms with van der Waals surface area (Å²) in [7, 11) is 0. The summed E-state index contributed by atoms with van der Waals surface area (Å²) in [6, 6.07) is 8.99. The van der Waals surface area contributed by atoms with Crippen LogP contribution < -0.4 is 5.32 Å². The minimum Gasteiger partial charge on any atom is -0.461 e. The van der Waals surface area contributed by atoms with Crippen molar-refractivity contribution in [3.8, 4) is 0 Å². The number of hydrogen-bond acceptors (Lipinski definition) is 5. The van der Waals surface area contributed by atoms with Crippen LogP contribution in [0.3, 0.4) is 0 Å². The summed E-state index contributed by atoms with van der Waals surface area (Å²) in [6.07, 6.45) is 16.9. The third-order valence-electron chi connectivity index (χ3n) is 4.56. The van der Waals surface area contributed by atoms with E-state index in [1.54, 1.807) is 19.1 Å². The van der Waals surface area contributed by atoms with Gasteiger partial charge in [-0.3, -0.25) is 4.68 Å². The smallest absolute Gasteiger partial charge is 0.461 e. The maximum atomic E-state index is 12.3. The van der Waals surface area contributed by atoms with Crippen LogP contribution in [0.2, 0.25) is 5.02 Å². The number of hydrogen-bond donors (Lipinski definition) is 2. The number of para-hydroxylation sites is 1. The van der Waals surface area contributed by atoms with Gasteiger partial charge in [-0.1, -0.05) is 23.7 Å². The topological polar surface area (TPSA) is 76.4 Å². The minimum absolute atomic E-state index is 0. The number of aromatic nitrogens is 2. The molecule has 10 radical (unpaired) electrons. The molecule has 8 heteroatoms. The molecule has 2 fully saturated rings. The predicted octanol–water partition coefficient (Wildman–Crippen LogP) is 3.96. The molecule has 0 spiro atoms. The number of aliphatic hydroxyl groups excluding tert-OH is 1. The van der Waals surface area contributed by atoms with Crippen molar-refractivity contribution < 1.29 is 31.7 Å². The van der Waals surface area contributed by atoms with Gasteiger partial charge in [0, 0.05) is 12.5 Å². The largest absolute Gasteiger partial charge is 2.00 e. The van der Waals surface area contributed by atoms with E-state index in [0.29, 0.717) is 16.4 Å². The van der Waals surface area contributed by atoms with E-state index in [2.05, 4.69) is 10.4 Å². The Morgan fingerprint density at radius 2 is 1.76 bits per heavy atom. The van der Waals surface area contributed by atoms with Gasteiger partial charge in [-0.25, -0.2) is 4.79 Å². The number of rotatable bonds is 8. The number of benzene rings is 1. The van der Waals surface area contributed by atoms with E-state index in [1.165, 1.54) is 4.68 Å². The molecule has 2 aliphatic rings. The van der Waals surface area contributed by atoms with Gasteiger partial charge < -0.3 is 15.2 Å². The molecule has 0 amide bonds. The first kappa shape index (κ1) is 27.7. The molecular formula is C25H26ClFeN3O3+2. The molecule has 6 nitrogen and oxygen atoms in total. The van der Waals surface area contributed by atoms with Gasteiger partial charge in [0.2, 0.25) is 0 Å². The Hall–Kier alpha value is -1.53. The summed E-state index contributed by atoms with van der Waals surface area (Å²) in [5.74, 6) is 0.442. The van der Waals surface area contributed by atoms with Gasteiger partial charge >= 0.3 is 23.0 Å². The van der Waals surface area contributed by atoms with Crippen LogP contribution in [0.4, 0.5) is 5.69 Å². The molecule has 1 aromatic carbocycles. The van der Waals surface area contributed by atoms with Gasteiger partial charge in [0.25, 0.3) is 0 Å². The zero-order valence-electron chi connectivity index (χ0n) is 18.2. The third-order valence-corrected chi connectivity index (χ3v) is 4.89. The van der Waals surface area contributed by atoms with E-state index in [9.17, 15) is 9.90 Å². The second-order valence-electron chi connectivity index (χ2n) is 6.97. The predicted molar refractivity (Wildman–Crippen MR) is 125 cm³/mol. The maximum Gasteiger partial charge on any atom is 2.00 e. The summed E-state index contributed by atoms with van der Waals surface area (Å²) in [5.41, 5.74) is 1.71. The van der Waals surface area contributed by atoms with Crippen LogP contribution in [-0.2, 0) is 28.4 Å². The van der Waals surface area contributed by atoms with Gasteiger partial charge in [-0.15, -0.1) is 0 Å². The number of aliphatic hydroxyl groups is 1. The molecule has 0 saturated heterocycles. The summed E-state index contributed by atoms with van der Waals surface area (Å²) in [4.78, 5) is 12.3. The summed E-state index contributed by atoms with van der Waals surface area (Å²) in [6.45, 7) is 2.43. The van der Waals surface area contributed by atoms with E-state index < -0.39 is 12.1 Å². The molecule has 0 bridgehead atoms. The van der Waals surface area contributed by atoms with Crippen molar-refractivity contribution in [2.75, 3.05) is 18.5 Å². The number of ether oxygens (including phenoxy) is 1. The fraction of sp³-hybridized carbons (Fsp3) is 0.200. The Kier molecular flexibility index (Phi) is 12.3. The molecule has 0 aliphatic heterocycles. The van der Waals surface area contributed by atoms with E-state index in [-0.39, 0.29) is 36.8 Å². The van der Waals surface area contributed by atoms with E-state index in [0.717, 1.165) is 11.6 Å². The molecule has 1 aromatic heterocycles. The van der Waals surface area contributed by atoms with Gasteiger partial charge in [-0.2, -0.15) is 5.10 Å². The zero-order chi connectivity index (χ0) is 22.8. The fourth-order valence-corrected chi connectivity index (χ4v) is 3.23. The number of carbonyl (C=O) groups is 1. The van der Waals surface area contributed by atoms with Crippen LogP contribution in [-0.4, -0.2) is 40.1 Å². The van der Waals surface area contributed by atoms with Gasteiger partial charge in [0.05, 0.1) is 35.7 Å². The molecule has 1 heterocycles. The van der Waals surface area contributed by atoms with E-state index in [1.807, 2.05) is 76.0 Å². The van der Waals surface area contributed by atoms with Crippen LogP contribution in [0.15, 0.2) is 30.3 Å². The molecular weight excluding hydrogens is 482 g/mol. The van der Waals surface area contributed by atoms with Crippen molar-refractivity contribution in [3.05, 3.63) is 110 Å². The van der Waals surface area contributed by atoms with Crippen LogP contribution in [0.1, 0.15) is 23.1 Å². The maximum absolute atomic E-state index is 12.3. The molecule has 2 aromatic rings. The molecule has 4 rings (SSSR count). The Morgan fingerprint density at radius 3 is 2.36 bits per heavy atom. The standard InChI is InChI=1S/C20H21ClN3O3.C5H5.Fe/c1-2-27-20(26)19-11-18(14-7-3-4-8-14)23-24(19)13-15(25)12-22-17-10-6-5-9-16(17)21;1-2-4-5-3-1;/h3-11,15,22,25H,2,12-13H2,1H3;1-5H;/q;;+2/t15-;;/m0../s1. The Bertz CT molecular complexity index is 844. The fourth-order valence-electron chi connectivity index (χ4n) is 3.03. The number of esters is 1. The van der Waals surface area contributed by atoms with E-state index >= 15 is 0 Å². The molecule has 2 aliphatic carbocycles. The van der Waals surface area contributed by atoms with Crippen LogP contribution >= 0.6 is 11.6 Å². The molecule has 2 saturated carbocycles. The van der Waals surface area contributed by atoms with Crippen LogP contribution in [0.25, 0.3) is 0 Å². The Labute approximate surface area is 212 Å². The quantitative estimate of drug-likeness (QED) is 0.418. The SMILES string of the molecule is CCOC(=O)c1cc([C]2[CH][CH][CH][CH]2)nn1C[C@@H](O)CNc1ccccc1Cl.[CH]1[CH][CH][CH][CH]1.[Fe+2]. The van der Waals surface area contributed by atoms with Crippen molar-refractivity contribution in [1.29, 1.82) is 0 Å². The van der Waals surface area contributed by atoms with Gasteiger partial charge in [-0.05, 0) is 82.9 Å². The first-order valence-corrected chi connectivity index (χ1v) is 10.8. The van der Waals surface area contributed by atoms with Crippen molar-refractivity contribution >= 4 is 23.3 Å². The molecule has 2 N–H and O–H groups in total.